The number of nitrogens with one attached hydrogen (secondary N) is 1. The Balaban J connectivity index is -0.000000904. The van der Waals surface area contributed by atoms with Crippen molar-refractivity contribution in [2.45, 2.75) is 60.4 Å². The summed E-state index contributed by atoms with van der Waals surface area (Å²) in [5.74, 6) is 0. The SMILES string of the molecule is C=CCCCC[OH+]N(C)C.CC.CC.CNON(C)Cc1ccc(/C=C/c2ccc(/C=C/c3ccc(C)cc3)cc2)cc1.CO.CO. The van der Waals surface area contributed by atoms with Crippen molar-refractivity contribution in [2.24, 2.45) is 0 Å². The quantitative estimate of drug-likeness (QED) is 0.0533. The van der Waals surface area contributed by atoms with Crippen LogP contribution in [-0.2, 0) is 11.5 Å². The summed E-state index contributed by atoms with van der Waals surface area (Å²) < 4.78 is 0. The highest BCUT2D eigenvalue weighted by Gasteiger charge is 2.00. The number of hydrogen-bond acceptors (Lipinski definition) is 6. The second-order valence-corrected chi connectivity index (χ2v) is 9.56. The standard InChI is InChI=1S/C26H28N2O.C8H17NO.2C2H6.2CH4O/c1-21-4-6-22(7-5-21)8-9-23-10-12-24(13-11-23)14-15-25-16-18-26(19-17-25)20-28(3)29-27-2;1-4-5-6-7-8-10-9(2)3;4*1-2/h4-19,27H,20H2,1-3H3;4H,1,5-8H2,2-3H3;2*1-2H3;2*2H,1H3/p+1/b9-8+,15-14+;;;;;. The number of allylic oxidation sites excluding steroid dienone is 1. The number of aryl methyl sites for hydroxylation is 1. The first kappa shape index (κ1) is 48.0. The van der Waals surface area contributed by atoms with Crippen LogP contribution in [0.15, 0.2) is 85.5 Å². The number of hydroxylamine groups is 5. The van der Waals surface area contributed by atoms with E-state index in [0.717, 1.165) is 33.8 Å². The van der Waals surface area contributed by atoms with Crippen molar-refractivity contribution < 1.29 is 20.0 Å². The molecule has 4 N–H and O–H groups in total. The van der Waals surface area contributed by atoms with Gasteiger partial charge in [-0.25, -0.2) is 4.94 Å². The molecular weight excluding hydrogens is 586 g/mol. The fourth-order valence-electron chi connectivity index (χ4n) is 3.63. The van der Waals surface area contributed by atoms with E-state index in [1.165, 1.54) is 46.2 Å². The zero-order valence-corrected chi connectivity index (χ0v) is 31.2. The first-order valence-electron chi connectivity index (χ1n) is 16.4. The molecule has 0 saturated heterocycles. The lowest BCUT2D eigenvalue weighted by Gasteiger charge is -2.14. The fourth-order valence-corrected chi connectivity index (χ4v) is 3.63. The number of unbranched alkanes of at least 4 members (excludes halogenated alkanes) is 2. The predicted octanol–water partition coefficient (Wildman–Crippen LogP) is 8.45. The van der Waals surface area contributed by atoms with Crippen LogP contribution in [0, 0.1) is 6.92 Å². The topological polar surface area (TPSA) is 81.0 Å². The lowest BCUT2D eigenvalue weighted by Crippen LogP contribution is -2.25. The lowest BCUT2D eigenvalue weighted by molar-refractivity contribution is -0.259. The van der Waals surface area contributed by atoms with Gasteiger partial charge < -0.3 is 15.1 Å². The Morgan fingerprint density at radius 3 is 1.43 bits per heavy atom. The van der Waals surface area contributed by atoms with Gasteiger partial charge in [-0.2, -0.15) is 10.5 Å². The maximum absolute atomic E-state index is 7.00. The van der Waals surface area contributed by atoms with Crippen molar-refractivity contribution in [3.05, 3.63) is 119 Å². The van der Waals surface area contributed by atoms with Crippen LogP contribution in [0.2, 0.25) is 0 Å². The average molecular weight is 653 g/mol. The third-order valence-electron chi connectivity index (χ3n) is 5.78. The number of aliphatic hydroxyl groups excluding tert-OH is 2. The molecule has 0 atom stereocenters. The Morgan fingerprint density at radius 1 is 0.681 bits per heavy atom. The molecule has 0 aromatic heterocycles. The molecule has 7 heteroatoms. The van der Waals surface area contributed by atoms with E-state index in [4.69, 9.17) is 15.2 Å². The lowest BCUT2D eigenvalue weighted by atomic mass is 10.1. The Kier molecular flexibility index (Phi) is 36.2. The minimum absolute atomic E-state index is 0.725. The second-order valence-electron chi connectivity index (χ2n) is 9.56. The van der Waals surface area contributed by atoms with Gasteiger partial charge in [0.2, 0.25) is 0 Å². The molecule has 0 aliphatic rings. The second kappa shape index (κ2) is 35.5. The number of nitrogens with zero attached hydrogens (tertiary/aromatic N) is 2. The van der Waals surface area contributed by atoms with E-state index in [-0.39, 0.29) is 0 Å². The minimum atomic E-state index is 0.725. The van der Waals surface area contributed by atoms with E-state index in [0.29, 0.717) is 0 Å². The van der Waals surface area contributed by atoms with Crippen LogP contribution in [0.5, 0.6) is 0 Å². The smallest absolute Gasteiger partial charge is 0.167 e. The summed E-state index contributed by atoms with van der Waals surface area (Å²) in [6.07, 6.45) is 14.0. The van der Waals surface area contributed by atoms with Crippen molar-refractivity contribution in [2.75, 3.05) is 49.0 Å². The van der Waals surface area contributed by atoms with Gasteiger partial charge in [0.15, 0.2) is 6.61 Å². The van der Waals surface area contributed by atoms with E-state index >= 15 is 0 Å². The van der Waals surface area contributed by atoms with Crippen LogP contribution in [0.4, 0.5) is 0 Å². The summed E-state index contributed by atoms with van der Waals surface area (Å²) >= 11 is 0. The largest absolute Gasteiger partial charge is 0.400 e. The molecule has 0 fully saturated rings. The molecule has 47 heavy (non-hydrogen) atoms. The molecule has 0 unspecified atom stereocenters. The monoisotopic (exact) mass is 653 g/mol. The van der Waals surface area contributed by atoms with Gasteiger partial charge in [0.25, 0.3) is 0 Å². The summed E-state index contributed by atoms with van der Waals surface area (Å²) in [6.45, 7) is 15.4. The molecule has 0 saturated carbocycles. The van der Waals surface area contributed by atoms with Gasteiger partial charge in [-0.3, -0.25) is 0 Å². The molecule has 3 aromatic rings. The normalized spacial score (nSPS) is 9.94. The molecule has 0 spiro atoms. The molecule has 0 aliphatic carbocycles. The van der Waals surface area contributed by atoms with E-state index in [1.54, 1.807) is 12.1 Å². The van der Waals surface area contributed by atoms with Crippen molar-refractivity contribution in [3.63, 3.8) is 0 Å². The summed E-state index contributed by atoms with van der Waals surface area (Å²) in [7, 11) is 9.54. The maximum atomic E-state index is 7.00. The van der Waals surface area contributed by atoms with Crippen molar-refractivity contribution in [1.82, 2.24) is 15.6 Å². The number of rotatable bonds is 14. The molecule has 0 radical (unpaired) electrons. The van der Waals surface area contributed by atoms with Crippen LogP contribution >= 0.6 is 0 Å². The van der Waals surface area contributed by atoms with Crippen molar-refractivity contribution >= 4 is 24.3 Å². The van der Waals surface area contributed by atoms with Gasteiger partial charge in [0, 0.05) is 34.7 Å². The van der Waals surface area contributed by atoms with E-state index in [2.05, 4.69) is 121 Å². The Morgan fingerprint density at radius 2 is 1.06 bits per heavy atom. The van der Waals surface area contributed by atoms with Crippen LogP contribution in [-0.4, -0.2) is 74.2 Å². The predicted molar refractivity (Wildman–Crippen MR) is 207 cm³/mol. The summed E-state index contributed by atoms with van der Waals surface area (Å²) in [5, 5.41) is 17.6. The molecule has 264 valence electrons. The number of benzene rings is 3. The Labute approximate surface area is 287 Å². The number of aliphatic hydroxyl groups is 3. The molecule has 3 aromatic carbocycles. The zero-order chi connectivity index (χ0) is 36.3. The summed E-state index contributed by atoms with van der Waals surface area (Å²) in [6, 6.07) is 25.6. The molecule has 7 nitrogen and oxygen atoms in total. The third kappa shape index (κ3) is 27.4. The molecular formula is C40H66N3O4+. The van der Waals surface area contributed by atoms with Crippen molar-refractivity contribution in [1.29, 1.82) is 0 Å². The fraction of sp³-hybridized carbons (Fsp3) is 0.400. The minimum Gasteiger partial charge on any atom is -0.400 e. The summed E-state index contributed by atoms with van der Waals surface area (Å²) in [5.41, 5.74) is 9.92. The first-order chi connectivity index (χ1) is 22.9. The van der Waals surface area contributed by atoms with Gasteiger partial charge in [-0.1, -0.05) is 141 Å². The highest BCUT2D eigenvalue weighted by Crippen LogP contribution is 2.14. The van der Waals surface area contributed by atoms with Gasteiger partial charge in [-0.05, 0) is 47.6 Å². The van der Waals surface area contributed by atoms with E-state index in [9.17, 15) is 0 Å². The maximum Gasteiger partial charge on any atom is 0.167 e. The van der Waals surface area contributed by atoms with Crippen LogP contribution in [0.25, 0.3) is 24.3 Å². The molecule has 3 rings (SSSR count). The van der Waals surface area contributed by atoms with Crippen LogP contribution in [0.1, 0.15) is 80.3 Å². The van der Waals surface area contributed by atoms with Gasteiger partial charge >= 0.3 is 0 Å². The first-order valence-corrected chi connectivity index (χ1v) is 16.4. The average Bonchev–Trinajstić information content (AvgIpc) is 3.12. The molecule has 0 heterocycles. The van der Waals surface area contributed by atoms with Gasteiger partial charge in [0.05, 0.1) is 20.6 Å². The van der Waals surface area contributed by atoms with Gasteiger partial charge in [0.1, 0.15) is 0 Å². The van der Waals surface area contributed by atoms with Crippen LogP contribution < -0.4 is 5.48 Å². The highest BCUT2D eigenvalue weighted by molar-refractivity contribution is 5.73. The van der Waals surface area contributed by atoms with E-state index < -0.39 is 0 Å². The van der Waals surface area contributed by atoms with Crippen molar-refractivity contribution in [3.8, 4) is 0 Å². The highest BCUT2D eigenvalue weighted by atomic mass is 16.8. The van der Waals surface area contributed by atoms with Crippen LogP contribution in [0.3, 0.4) is 0 Å². The molecule has 0 aliphatic heterocycles. The number of hydrogen-bond donors (Lipinski definition) is 3. The molecule has 0 bridgehead atoms. The summed E-state index contributed by atoms with van der Waals surface area (Å²) in [4.78, 5) is 9.40. The zero-order valence-electron chi connectivity index (χ0n) is 31.2. The Hall–Kier alpha value is -3.40. The third-order valence-corrected chi connectivity index (χ3v) is 5.78. The van der Waals surface area contributed by atoms with Gasteiger partial charge in [-0.15, -0.1) is 6.58 Å². The Bertz CT molecular complexity index is 1130. The molecule has 0 amide bonds. The van der Waals surface area contributed by atoms with E-state index in [1.807, 2.05) is 60.0 Å².